The van der Waals surface area contributed by atoms with Crippen LogP contribution in [-0.4, -0.2) is 21.3 Å². The molecule has 2 rings (SSSR count). The largest absolute Gasteiger partial charge is 0.478 e. The molecule has 5 heteroatoms. The van der Waals surface area contributed by atoms with Crippen LogP contribution in [0.2, 0.25) is 0 Å². The Kier molecular flexibility index (Phi) is 2.82. The number of benzene rings is 1. The van der Waals surface area contributed by atoms with Crippen molar-refractivity contribution in [3.63, 3.8) is 0 Å². The number of carbonyl (C=O) groups is 1. The molecule has 2 aromatic rings. The minimum atomic E-state index is -0.968. The van der Waals surface area contributed by atoms with Crippen molar-refractivity contribution in [3.05, 3.63) is 44.7 Å². The highest BCUT2D eigenvalue weighted by Crippen LogP contribution is 2.29. The fourth-order valence-electron chi connectivity index (χ4n) is 2.13. The van der Waals surface area contributed by atoms with Gasteiger partial charge in [-0.1, -0.05) is 6.07 Å². The van der Waals surface area contributed by atoms with Gasteiger partial charge in [0, 0.05) is 11.1 Å². The monoisotopic (exact) mass is 246 g/mol. The van der Waals surface area contributed by atoms with Gasteiger partial charge in [-0.2, -0.15) is 0 Å². The number of aromatic carboxylic acids is 1. The van der Waals surface area contributed by atoms with Crippen LogP contribution in [0.4, 0.5) is 0 Å². The minimum absolute atomic E-state index is 0.190. The number of nitrogens with one attached hydrogen (secondary N) is 2. The molecule has 0 unspecified atom stereocenters. The molecule has 94 valence electrons. The van der Waals surface area contributed by atoms with Gasteiger partial charge < -0.3 is 5.11 Å². The molecule has 0 bridgehead atoms. The van der Waals surface area contributed by atoms with Gasteiger partial charge in [0.2, 0.25) is 0 Å². The molecular formula is C13H14N2O3. The fraction of sp³-hybridized carbons (Fsp3) is 0.231. The van der Waals surface area contributed by atoms with Crippen LogP contribution < -0.4 is 5.56 Å². The second-order valence-electron chi connectivity index (χ2n) is 4.31. The number of H-pyrrole nitrogens is 2. The second kappa shape index (κ2) is 4.18. The van der Waals surface area contributed by atoms with Gasteiger partial charge in [-0.05, 0) is 38.0 Å². The van der Waals surface area contributed by atoms with E-state index in [-0.39, 0.29) is 11.1 Å². The summed E-state index contributed by atoms with van der Waals surface area (Å²) in [5.74, 6) is -0.968. The third-order valence-corrected chi connectivity index (χ3v) is 3.17. The zero-order valence-electron chi connectivity index (χ0n) is 10.4. The summed E-state index contributed by atoms with van der Waals surface area (Å²) in [5, 5.41) is 14.4. The molecule has 1 aromatic carbocycles. The Morgan fingerprint density at radius 3 is 2.28 bits per heavy atom. The Bertz CT molecular complexity index is 680. The van der Waals surface area contributed by atoms with Crippen molar-refractivity contribution in [2.75, 3.05) is 0 Å². The first kappa shape index (κ1) is 12.2. The molecule has 0 radical (unpaired) electrons. The molecule has 0 saturated heterocycles. The van der Waals surface area contributed by atoms with Crippen molar-refractivity contribution < 1.29 is 9.90 Å². The second-order valence-corrected chi connectivity index (χ2v) is 4.31. The Hall–Kier alpha value is -2.30. The Labute approximate surface area is 103 Å². The van der Waals surface area contributed by atoms with E-state index in [9.17, 15) is 9.59 Å². The summed E-state index contributed by atoms with van der Waals surface area (Å²) < 4.78 is 0. The Balaban J connectivity index is 2.79. The molecule has 0 aliphatic carbocycles. The lowest BCUT2D eigenvalue weighted by atomic mass is 9.94. The maximum Gasteiger partial charge on any atom is 0.335 e. The van der Waals surface area contributed by atoms with Gasteiger partial charge in [-0.3, -0.25) is 15.0 Å². The van der Waals surface area contributed by atoms with Crippen LogP contribution in [0.15, 0.2) is 16.9 Å². The molecule has 1 aromatic heterocycles. The van der Waals surface area contributed by atoms with Crippen molar-refractivity contribution in [3.8, 4) is 11.3 Å². The standard InChI is InChI=1S/C13H14N2O3/c1-6-4-5-9(13(17)18)7(2)10(6)11-8(3)12(16)15-14-11/h4-5H,1-3H3,(H,17,18)(H2,14,15,16). The van der Waals surface area contributed by atoms with Crippen molar-refractivity contribution in [2.24, 2.45) is 0 Å². The molecule has 1 heterocycles. The summed E-state index contributed by atoms with van der Waals surface area (Å²) >= 11 is 0. The number of hydrogen-bond donors (Lipinski definition) is 3. The predicted molar refractivity (Wildman–Crippen MR) is 68.0 cm³/mol. The molecule has 0 saturated carbocycles. The maximum atomic E-state index is 11.5. The fourth-order valence-corrected chi connectivity index (χ4v) is 2.13. The van der Waals surface area contributed by atoms with Crippen LogP contribution in [-0.2, 0) is 0 Å². The number of aromatic nitrogens is 2. The number of aryl methyl sites for hydroxylation is 1. The molecule has 0 spiro atoms. The number of rotatable bonds is 2. The Morgan fingerprint density at radius 2 is 1.78 bits per heavy atom. The van der Waals surface area contributed by atoms with E-state index in [1.807, 2.05) is 6.92 Å². The van der Waals surface area contributed by atoms with E-state index in [4.69, 9.17) is 5.11 Å². The SMILES string of the molecule is Cc1ccc(C(=O)O)c(C)c1-c1[nH][nH]c(=O)c1C. The zero-order chi connectivity index (χ0) is 13.4. The van der Waals surface area contributed by atoms with Crippen LogP contribution in [0.25, 0.3) is 11.3 Å². The topological polar surface area (TPSA) is 85.9 Å². The lowest BCUT2D eigenvalue weighted by Gasteiger charge is -2.11. The summed E-state index contributed by atoms with van der Waals surface area (Å²) in [4.78, 5) is 22.6. The van der Waals surface area contributed by atoms with Gasteiger partial charge in [0.05, 0.1) is 11.3 Å². The first-order chi connectivity index (χ1) is 8.43. The minimum Gasteiger partial charge on any atom is -0.478 e. The highest BCUT2D eigenvalue weighted by molar-refractivity contribution is 5.92. The van der Waals surface area contributed by atoms with Gasteiger partial charge in [-0.25, -0.2) is 4.79 Å². The molecule has 3 N–H and O–H groups in total. The number of carboxylic acids is 1. The van der Waals surface area contributed by atoms with Crippen LogP contribution in [0.1, 0.15) is 27.0 Å². The predicted octanol–water partition coefficient (Wildman–Crippen LogP) is 1.99. The summed E-state index contributed by atoms with van der Waals surface area (Å²) in [7, 11) is 0. The zero-order valence-corrected chi connectivity index (χ0v) is 10.4. The highest BCUT2D eigenvalue weighted by atomic mass is 16.4. The highest BCUT2D eigenvalue weighted by Gasteiger charge is 2.17. The van der Waals surface area contributed by atoms with Crippen LogP contribution >= 0.6 is 0 Å². The quantitative estimate of drug-likeness (QED) is 0.757. The van der Waals surface area contributed by atoms with E-state index in [1.165, 1.54) is 0 Å². The van der Waals surface area contributed by atoms with Crippen LogP contribution in [0, 0.1) is 20.8 Å². The number of aromatic amines is 2. The van der Waals surface area contributed by atoms with Crippen molar-refractivity contribution in [1.82, 2.24) is 10.2 Å². The molecule has 5 nitrogen and oxygen atoms in total. The third kappa shape index (κ3) is 1.73. The van der Waals surface area contributed by atoms with Gasteiger partial charge in [-0.15, -0.1) is 0 Å². The molecule has 0 amide bonds. The summed E-state index contributed by atoms with van der Waals surface area (Å²) in [6.45, 7) is 5.34. The first-order valence-electron chi connectivity index (χ1n) is 5.54. The average Bonchev–Trinajstić information content (AvgIpc) is 2.61. The molecule has 0 fully saturated rings. The van der Waals surface area contributed by atoms with E-state index in [0.29, 0.717) is 16.8 Å². The van der Waals surface area contributed by atoms with Crippen molar-refractivity contribution >= 4 is 5.97 Å². The first-order valence-corrected chi connectivity index (χ1v) is 5.54. The van der Waals surface area contributed by atoms with Crippen LogP contribution in [0.3, 0.4) is 0 Å². The third-order valence-electron chi connectivity index (χ3n) is 3.17. The van der Waals surface area contributed by atoms with Gasteiger partial charge in [0.1, 0.15) is 0 Å². The van der Waals surface area contributed by atoms with E-state index in [0.717, 1.165) is 11.1 Å². The van der Waals surface area contributed by atoms with Gasteiger partial charge >= 0.3 is 5.97 Å². The number of carboxylic acid groups (broad SMARTS) is 1. The normalized spacial score (nSPS) is 10.6. The summed E-state index contributed by atoms with van der Waals surface area (Å²) in [6, 6.07) is 3.33. The van der Waals surface area contributed by atoms with E-state index < -0.39 is 5.97 Å². The summed E-state index contributed by atoms with van der Waals surface area (Å²) in [6.07, 6.45) is 0. The lowest BCUT2D eigenvalue weighted by molar-refractivity contribution is 0.0696. The molecular weight excluding hydrogens is 232 g/mol. The molecule has 0 atom stereocenters. The van der Waals surface area contributed by atoms with Crippen molar-refractivity contribution in [2.45, 2.75) is 20.8 Å². The lowest BCUT2D eigenvalue weighted by Crippen LogP contribution is -2.04. The van der Waals surface area contributed by atoms with Gasteiger partial charge in [0.25, 0.3) is 5.56 Å². The average molecular weight is 246 g/mol. The van der Waals surface area contributed by atoms with E-state index in [2.05, 4.69) is 10.2 Å². The summed E-state index contributed by atoms with van der Waals surface area (Å²) in [5.41, 5.74) is 3.62. The van der Waals surface area contributed by atoms with Crippen LogP contribution in [0.5, 0.6) is 0 Å². The Morgan fingerprint density at radius 1 is 1.11 bits per heavy atom. The molecule has 0 aliphatic heterocycles. The van der Waals surface area contributed by atoms with E-state index in [1.54, 1.807) is 26.0 Å². The number of hydrogen-bond acceptors (Lipinski definition) is 2. The maximum absolute atomic E-state index is 11.5. The molecule has 0 aliphatic rings. The smallest absolute Gasteiger partial charge is 0.335 e. The van der Waals surface area contributed by atoms with E-state index >= 15 is 0 Å². The van der Waals surface area contributed by atoms with Crippen molar-refractivity contribution in [1.29, 1.82) is 0 Å². The molecule has 18 heavy (non-hydrogen) atoms. The van der Waals surface area contributed by atoms with Gasteiger partial charge in [0.15, 0.2) is 0 Å².